The van der Waals surface area contributed by atoms with Gasteiger partial charge < -0.3 is 11.1 Å². The van der Waals surface area contributed by atoms with Crippen LogP contribution in [0.15, 0.2) is 22.7 Å². The van der Waals surface area contributed by atoms with Crippen molar-refractivity contribution in [2.45, 2.75) is 32.7 Å². The molecule has 0 radical (unpaired) electrons. The SMILES string of the molecule is CCCC(C)Nc1cccc(Br)c1C(N)=S. The van der Waals surface area contributed by atoms with Crippen LogP contribution in [-0.2, 0) is 0 Å². The van der Waals surface area contributed by atoms with Crippen LogP contribution < -0.4 is 11.1 Å². The number of benzene rings is 1. The van der Waals surface area contributed by atoms with Crippen LogP contribution in [0.4, 0.5) is 5.69 Å². The second-order valence-corrected chi connectivity index (χ2v) is 5.15. The van der Waals surface area contributed by atoms with Gasteiger partial charge in [0, 0.05) is 21.8 Å². The Hall–Kier alpha value is -0.610. The summed E-state index contributed by atoms with van der Waals surface area (Å²) < 4.78 is 0.939. The molecular formula is C12H17BrN2S. The Morgan fingerprint density at radius 2 is 2.25 bits per heavy atom. The molecule has 4 heteroatoms. The zero-order valence-electron chi connectivity index (χ0n) is 9.59. The lowest BCUT2D eigenvalue weighted by Crippen LogP contribution is -2.19. The first-order valence-electron chi connectivity index (χ1n) is 5.41. The van der Waals surface area contributed by atoms with E-state index in [-0.39, 0.29) is 0 Å². The van der Waals surface area contributed by atoms with E-state index < -0.39 is 0 Å². The third-order valence-corrected chi connectivity index (χ3v) is 3.25. The standard InChI is InChI=1S/C12H17BrN2S/c1-3-5-8(2)15-10-7-4-6-9(13)11(10)12(14)16/h4,6-8,15H,3,5H2,1-2H3,(H2,14,16). The minimum atomic E-state index is 0.415. The predicted octanol–water partition coefficient (Wildman–Crippen LogP) is 3.68. The molecule has 0 heterocycles. The van der Waals surface area contributed by atoms with Crippen LogP contribution in [0.3, 0.4) is 0 Å². The summed E-state index contributed by atoms with van der Waals surface area (Å²) in [5, 5.41) is 3.44. The fourth-order valence-electron chi connectivity index (χ4n) is 1.67. The highest BCUT2D eigenvalue weighted by Crippen LogP contribution is 2.25. The highest BCUT2D eigenvalue weighted by molar-refractivity contribution is 9.10. The van der Waals surface area contributed by atoms with E-state index in [1.54, 1.807) is 0 Å². The predicted molar refractivity (Wildman–Crippen MR) is 78.0 cm³/mol. The first-order chi connectivity index (χ1) is 7.56. The molecule has 0 aliphatic heterocycles. The molecule has 1 rings (SSSR count). The van der Waals surface area contributed by atoms with Gasteiger partial charge in [-0.3, -0.25) is 0 Å². The van der Waals surface area contributed by atoms with Crippen LogP contribution in [0.5, 0.6) is 0 Å². The Bertz CT molecular complexity index is 379. The molecule has 0 aliphatic carbocycles. The van der Waals surface area contributed by atoms with Gasteiger partial charge in [-0.1, -0.05) is 31.6 Å². The van der Waals surface area contributed by atoms with Crippen molar-refractivity contribution >= 4 is 38.8 Å². The van der Waals surface area contributed by atoms with Crippen molar-refractivity contribution in [1.82, 2.24) is 0 Å². The van der Waals surface area contributed by atoms with Gasteiger partial charge in [-0.2, -0.15) is 0 Å². The zero-order valence-corrected chi connectivity index (χ0v) is 12.0. The molecule has 0 fully saturated rings. The quantitative estimate of drug-likeness (QED) is 0.815. The summed E-state index contributed by atoms with van der Waals surface area (Å²) in [7, 11) is 0. The van der Waals surface area contributed by atoms with Gasteiger partial charge in [0.05, 0.1) is 0 Å². The van der Waals surface area contributed by atoms with Crippen molar-refractivity contribution < 1.29 is 0 Å². The number of hydrogen-bond acceptors (Lipinski definition) is 2. The van der Waals surface area contributed by atoms with Crippen LogP contribution >= 0.6 is 28.1 Å². The van der Waals surface area contributed by atoms with Gasteiger partial charge in [0.25, 0.3) is 0 Å². The number of rotatable bonds is 5. The third kappa shape index (κ3) is 3.46. The second kappa shape index (κ2) is 6.21. The minimum absolute atomic E-state index is 0.415. The molecular weight excluding hydrogens is 284 g/mol. The van der Waals surface area contributed by atoms with Crippen molar-refractivity contribution in [2.75, 3.05) is 5.32 Å². The van der Waals surface area contributed by atoms with Gasteiger partial charge in [-0.05, 0) is 41.4 Å². The molecule has 0 aromatic heterocycles. The Morgan fingerprint density at radius 3 is 2.81 bits per heavy atom. The van der Waals surface area contributed by atoms with E-state index in [1.807, 2.05) is 18.2 Å². The van der Waals surface area contributed by atoms with Gasteiger partial charge in [0.1, 0.15) is 4.99 Å². The molecule has 1 atom stereocenters. The lowest BCUT2D eigenvalue weighted by Gasteiger charge is -2.18. The van der Waals surface area contributed by atoms with E-state index in [2.05, 4.69) is 35.1 Å². The molecule has 0 spiro atoms. The van der Waals surface area contributed by atoms with Crippen LogP contribution in [0.1, 0.15) is 32.3 Å². The highest BCUT2D eigenvalue weighted by atomic mass is 79.9. The summed E-state index contributed by atoms with van der Waals surface area (Å²) in [6.45, 7) is 4.33. The molecule has 0 amide bonds. The van der Waals surface area contributed by atoms with Crippen LogP contribution in [0.2, 0.25) is 0 Å². The normalized spacial score (nSPS) is 12.2. The van der Waals surface area contributed by atoms with Gasteiger partial charge in [-0.15, -0.1) is 0 Å². The minimum Gasteiger partial charge on any atom is -0.389 e. The summed E-state index contributed by atoms with van der Waals surface area (Å²) in [6.07, 6.45) is 2.29. The number of thiocarbonyl (C=S) groups is 1. The zero-order chi connectivity index (χ0) is 12.1. The molecule has 88 valence electrons. The average molecular weight is 301 g/mol. The molecule has 0 aliphatic rings. The van der Waals surface area contributed by atoms with Crippen LogP contribution in [0, 0.1) is 0 Å². The molecule has 2 nitrogen and oxygen atoms in total. The maximum Gasteiger partial charge on any atom is 0.107 e. The van der Waals surface area contributed by atoms with E-state index in [4.69, 9.17) is 18.0 Å². The number of halogens is 1. The van der Waals surface area contributed by atoms with Crippen molar-refractivity contribution in [3.63, 3.8) is 0 Å². The Labute approximate surface area is 111 Å². The Morgan fingerprint density at radius 1 is 1.56 bits per heavy atom. The smallest absolute Gasteiger partial charge is 0.107 e. The van der Waals surface area contributed by atoms with Crippen LogP contribution in [0.25, 0.3) is 0 Å². The van der Waals surface area contributed by atoms with Crippen LogP contribution in [-0.4, -0.2) is 11.0 Å². The second-order valence-electron chi connectivity index (χ2n) is 3.86. The van der Waals surface area contributed by atoms with Gasteiger partial charge >= 0.3 is 0 Å². The maximum atomic E-state index is 5.73. The molecule has 0 saturated carbocycles. The van der Waals surface area contributed by atoms with Crippen molar-refractivity contribution in [3.8, 4) is 0 Å². The Kier molecular flexibility index (Phi) is 5.22. The highest BCUT2D eigenvalue weighted by Gasteiger charge is 2.10. The van der Waals surface area contributed by atoms with Gasteiger partial charge in [0.15, 0.2) is 0 Å². The fourth-order valence-corrected chi connectivity index (χ4v) is 2.60. The molecule has 1 unspecified atom stereocenters. The fraction of sp³-hybridized carbons (Fsp3) is 0.417. The lowest BCUT2D eigenvalue weighted by atomic mass is 10.1. The molecule has 16 heavy (non-hydrogen) atoms. The van der Waals surface area contributed by atoms with E-state index in [1.165, 1.54) is 0 Å². The summed E-state index contributed by atoms with van der Waals surface area (Å²) >= 11 is 8.53. The first-order valence-corrected chi connectivity index (χ1v) is 6.61. The van der Waals surface area contributed by atoms with E-state index in [9.17, 15) is 0 Å². The van der Waals surface area contributed by atoms with Gasteiger partial charge in [-0.25, -0.2) is 0 Å². The van der Waals surface area contributed by atoms with Crippen molar-refractivity contribution in [2.24, 2.45) is 5.73 Å². The monoisotopic (exact) mass is 300 g/mol. The van der Waals surface area contributed by atoms with Crippen molar-refractivity contribution in [3.05, 3.63) is 28.2 Å². The summed E-state index contributed by atoms with van der Waals surface area (Å²) in [5.41, 5.74) is 7.62. The van der Waals surface area contributed by atoms with E-state index >= 15 is 0 Å². The summed E-state index contributed by atoms with van der Waals surface area (Å²) in [5.74, 6) is 0. The largest absolute Gasteiger partial charge is 0.389 e. The van der Waals surface area contributed by atoms with Gasteiger partial charge in [0.2, 0.25) is 0 Å². The molecule has 1 aromatic rings. The topological polar surface area (TPSA) is 38.0 Å². The molecule has 1 aromatic carbocycles. The lowest BCUT2D eigenvalue weighted by molar-refractivity contribution is 0.690. The summed E-state index contributed by atoms with van der Waals surface area (Å²) in [4.78, 5) is 0.415. The molecule has 0 saturated heterocycles. The van der Waals surface area contributed by atoms with Crippen molar-refractivity contribution in [1.29, 1.82) is 0 Å². The number of hydrogen-bond donors (Lipinski definition) is 2. The van der Waals surface area contributed by atoms with E-state index in [0.717, 1.165) is 28.6 Å². The first kappa shape index (κ1) is 13.5. The number of anilines is 1. The number of nitrogens with one attached hydrogen (secondary N) is 1. The number of nitrogens with two attached hydrogens (primary N) is 1. The maximum absolute atomic E-state index is 5.73. The third-order valence-electron chi connectivity index (χ3n) is 2.38. The molecule has 3 N–H and O–H groups in total. The van der Waals surface area contributed by atoms with E-state index in [0.29, 0.717) is 11.0 Å². The molecule has 0 bridgehead atoms. The summed E-state index contributed by atoms with van der Waals surface area (Å²) in [6, 6.07) is 6.36. The Balaban J connectivity index is 2.95. The average Bonchev–Trinajstić information content (AvgIpc) is 2.17.